The number of benzene rings is 2. The molecule has 0 spiro atoms. The Hall–Kier alpha value is -2.74. The van der Waals surface area contributed by atoms with Crippen LogP contribution in [0.3, 0.4) is 0 Å². The van der Waals surface area contributed by atoms with E-state index in [1.54, 1.807) is 4.52 Å². The van der Waals surface area contributed by atoms with E-state index in [2.05, 4.69) is 81.4 Å². The molecule has 31 heavy (non-hydrogen) atoms. The second-order valence-electron chi connectivity index (χ2n) is 8.25. The van der Waals surface area contributed by atoms with Gasteiger partial charge in [-0.1, -0.05) is 71.5 Å². The highest BCUT2D eigenvalue weighted by molar-refractivity contribution is 7.17. The van der Waals surface area contributed by atoms with E-state index in [0.29, 0.717) is 5.82 Å². The quantitative estimate of drug-likeness (QED) is 0.515. The number of aromatic nitrogens is 3. The normalized spacial score (nSPS) is 16.7. The largest absolute Gasteiger partial charge is 0.492 e. The molecule has 1 aliphatic rings. The van der Waals surface area contributed by atoms with E-state index in [4.69, 9.17) is 0 Å². The van der Waals surface area contributed by atoms with Crippen molar-refractivity contribution < 1.29 is 5.11 Å². The van der Waals surface area contributed by atoms with Gasteiger partial charge in [-0.05, 0) is 25.0 Å². The zero-order valence-electron chi connectivity index (χ0n) is 17.9. The molecule has 2 aromatic carbocycles. The van der Waals surface area contributed by atoms with Gasteiger partial charge in [0.2, 0.25) is 10.8 Å². The lowest BCUT2D eigenvalue weighted by atomic mass is 10.0. The van der Waals surface area contributed by atoms with E-state index >= 15 is 0 Å². The second-order valence-corrected chi connectivity index (χ2v) is 9.26. The van der Waals surface area contributed by atoms with Gasteiger partial charge >= 0.3 is 0 Å². The van der Waals surface area contributed by atoms with Gasteiger partial charge in [-0.25, -0.2) is 4.98 Å². The van der Waals surface area contributed by atoms with Crippen LogP contribution in [0.15, 0.2) is 54.6 Å². The maximum Gasteiger partial charge on any atom is 0.230 e. The van der Waals surface area contributed by atoms with E-state index in [0.717, 1.165) is 42.6 Å². The van der Waals surface area contributed by atoms with Crippen molar-refractivity contribution in [2.24, 2.45) is 0 Å². The molecular weight excluding hydrogens is 406 g/mol. The Morgan fingerprint density at radius 1 is 0.968 bits per heavy atom. The summed E-state index contributed by atoms with van der Waals surface area (Å²) in [6, 6.07) is 19.3. The van der Waals surface area contributed by atoms with Gasteiger partial charge in [0.1, 0.15) is 5.82 Å². The lowest BCUT2D eigenvalue weighted by Gasteiger charge is -2.39. The molecular formula is C24H27N5OS. The van der Waals surface area contributed by atoms with Crippen LogP contribution in [0.5, 0.6) is 5.88 Å². The SMILES string of the molecule is Cc1ccc([C@H](c2sc3nc(C)nn3c2O)N2CCN(Cc3ccccc3)CC2)cc1. The van der Waals surface area contributed by atoms with Crippen LogP contribution in [0.25, 0.3) is 4.96 Å². The fourth-order valence-corrected chi connectivity index (χ4v) is 5.49. The van der Waals surface area contributed by atoms with Gasteiger partial charge in [-0.15, -0.1) is 5.10 Å². The summed E-state index contributed by atoms with van der Waals surface area (Å²) in [6.45, 7) is 8.81. The Bertz CT molecular complexity index is 1160. The molecule has 0 unspecified atom stereocenters. The number of aromatic hydroxyl groups is 1. The Morgan fingerprint density at radius 3 is 2.35 bits per heavy atom. The van der Waals surface area contributed by atoms with Crippen molar-refractivity contribution in [1.82, 2.24) is 24.4 Å². The van der Waals surface area contributed by atoms with Crippen LogP contribution in [-0.4, -0.2) is 55.7 Å². The Morgan fingerprint density at radius 2 is 1.68 bits per heavy atom. The zero-order chi connectivity index (χ0) is 21.4. The molecule has 0 saturated carbocycles. The average molecular weight is 434 g/mol. The van der Waals surface area contributed by atoms with Crippen LogP contribution in [0.2, 0.25) is 0 Å². The molecule has 6 nitrogen and oxygen atoms in total. The van der Waals surface area contributed by atoms with Crippen LogP contribution in [-0.2, 0) is 6.54 Å². The van der Waals surface area contributed by atoms with Crippen molar-refractivity contribution in [3.05, 3.63) is 82.0 Å². The third-order valence-electron chi connectivity index (χ3n) is 5.97. The molecule has 2 aromatic heterocycles. The van der Waals surface area contributed by atoms with Crippen LogP contribution in [0.1, 0.15) is 33.4 Å². The molecule has 1 saturated heterocycles. The lowest BCUT2D eigenvalue weighted by Crippen LogP contribution is -2.47. The van der Waals surface area contributed by atoms with Crippen LogP contribution in [0.4, 0.5) is 0 Å². The first kappa shape index (κ1) is 20.2. The number of hydrogen-bond donors (Lipinski definition) is 1. The molecule has 1 N–H and O–H groups in total. The number of rotatable bonds is 5. The fraction of sp³-hybridized carbons (Fsp3) is 0.333. The summed E-state index contributed by atoms with van der Waals surface area (Å²) in [5.41, 5.74) is 3.78. The number of thiazole rings is 1. The van der Waals surface area contributed by atoms with Gasteiger partial charge in [0, 0.05) is 32.7 Å². The third kappa shape index (κ3) is 4.08. The van der Waals surface area contributed by atoms with E-state index in [1.807, 2.05) is 6.92 Å². The van der Waals surface area contributed by atoms with E-state index in [-0.39, 0.29) is 11.9 Å². The number of hydrogen-bond acceptors (Lipinski definition) is 6. The van der Waals surface area contributed by atoms with E-state index < -0.39 is 0 Å². The first-order valence-corrected chi connectivity index (χ1v) is 11.5. The van der Waals surface area contributed by atoms with Gasteiger partial charge in [0.25, 0.3) is 0 Å². The number of piperazine rings is 1. The standard InChI is InChI=1S/C24H27N5OS/c1-17-8-10-20(11-9-17)21(22-23(30)29-24(31-22)25-18(2)26-29)28-14-12-27(13-15-28)16-19-6-4-3-5-7-19/h3-11,21,30H,12-16H2,1-2H3/t21-/m1/s1. The van der Waals surface area contributed by atoms with Gasteiger partial charge in [0.15, 0.2) is 0 Å². The van der Waals surface area contributed by atoms with Crippen molar-refractivity contribution in [1.29, 1.82) is 0 Å². The average Bonchev–Trinajstić information content (AvgIpc) is 3.29. The van der Waals surface area contributed by atoms with E-state index in [1.165, 1.54) is 28.0 Å². The van der Waals surface area contributed by atoms with Crippen molar-refractivity contribution in [3.8, 4) is 5.88 Å². The molecule has 1 fully saturated rings. The van der Waals surface area contributed by atoms with Crippen molar-refractivity contribution in [2.45, 2.75) is 26.4 Å². The molecule has 0 bridgehead atoms. The highest BCUT2D eigenvalue weighted by Gasteiger charge is 2.31. The molecule has 0 aliphatic carbocycles. The zero-order valence-corrected chi connectivity index (χ0v) is 18.7. The maximum absolute atomic E-state index is 11.0. The minimum absolute atomic E-state index is 0.00622. The van der Waals surface area contributed by atoms with Crippen LogP contribution in [0, 0.1) is 13.8 Å². The second kappa shape index (κ2) is 8.42. The van der Waals surface area contributed by atoms with Gasteiger partial charge in [0.05, 0.1) is 10.9 Å². The Kier molecular flexibility index (Phi) is 5.48. The van der Waals surface area contributed by atoms with Crippen LogP contribution < -0.4 is 0 Å². The predicted molar refractivity (Wildman–Crippen MR) is 124 cm³/mol. The summed E-state index contributed by atoms with van der Waals surface area (Å²) in [6.07, 6.45) is 0. The highest BCUT2D eigenvalue weighted by Crippen LogP contribution is 2.40. The van der Waals surface area contributed by atoms with Crippen LogP contribution >= 0.6 is 11.3 Å². The molecule has 1 aliphatic heterocycles. The van der Waals surface area contributed by atoms with Gasteiger partial charge < -0.3 is 5.11 Å². The summed E-state index contributed by atoms with van der Waals surface area (Å²) >= 11 is 1.53. The minimum atomic E-state index is -0.00622. The lowest BCUT2D eigenvalue weighted by molar-refractivity contribution is 0.105. The fourth-order valence-electron chi connectivity index (χ4n) is 4.32. The molecule has 1 atom stereocenters. The number of fused-ring (bicyclic) bond motifs is 1. The summed E-state index contributed by atoms with van der Waals surface area (Å²) in [7, 11) is 0. The van der Waals surface area contributed by atoms with E-state index in [9.17, 15) is 5.11 Å². The topological polar surface area (TPSA) is 56.9 Å². The van der Waals surface area contributed by atoms with Gasteiger partial charge in [-0.3, -0.25) is 9.80 Å². The first-order valence-electron chi connectivity index (χ1n) is 10.7. The molecule has 7 heteroatoms. The first-order chi connectivity index (χ1) is 15.1. The van der Waals surface area contributed by atoms with Gasteiger partial charge in [-0.2, -0.15) is 4.52 Å². The summed E-state index contributed by atoms with van der Waals surface area (Å²) in [4.78, 5) is 11.1. The summed E-state index contributed by atoms with van der Waals surface area (Å²) in [5, 5.41) is 15.4. The maximum atomic E-state index is 11.0. The smallest absolute Gasteiger partial charge is 0.230 e. The Balaban J connectivity index is 1.42. The molecule has 4 aromatic rings. The third-order valence-corrected chi connectivity index (χ3v) is 7.04. The summed E-state index contributed by atoms with van der Waals surface area (Å²) in [5.74, 6) is 0.882. The predicted octanol–water partition coefficient (Wildman–Crippen LogP) is 4.02. The Labute approximate surface area is 186 Å². The molecule has 3 heterocycles. The molecule has 0 radical (unpaired) electrons. The highest BCUT2D eigenvalue weighted by atomic mass is 32.1. The monoisotopic (exact) mass is 433 g/mol. The molecule has 160 valence electrons. The number of nitrogens with zero attached hydrogens (tertiary/aromatic N) is 5. The summed E-state index contributed by atoms with van der Waals surface area (Å²) < 4.78 is 1.57. The van der Waals surface area contributed by atoms with Crippen molar-refractivity contribution in [2.75, 3.05) is 26.2 Å². The van der Waals surface area contributed by atoms with Crippen molar-refractivity contribution in [3.63, 3.8) is 0 Å². The molecule has 5 rings (SSSR count). The number of aryl methyl sites for hydroxylation is 2. The molecule has 0 amide bonds. The minimum Gasteiger partial charge on any atom is -0.492 e. The van der Waals surface area contributed by atoms with Crippen molar-refractivity contribution >= 4 is 16.3 Å².